The van der Waals surface area contributed by atoms with Crippen molar-refractivity contribution in [1.29, 1.82) is 0 Å². The zero-order valence-corrected chi connectivity index (χ0v) is 14.3. The lowest BCUT2D eigenvalue weighted by Crippen LogP contribution is -2.16. The monoisotopic (exact) mass is 393 g/mol. The maximum absolute atomic E-state index is 13.3. The average molecular weight is 393 g/mol. The van der Waals surface area contributed by atoms with E-state index in [9.17, 15) is 26.0 Å². The molecule has 0 spiro atoms. The van der Waals surface area contributed by atoms with E-state index in [2.05, 4.69) is 0 Å². The Bertz CT molecular complexity index is 869. The molecule has 0 amide bonds. The number of halogens is 4. The first-order valence-electron chi connectivity index (χ1n) is 7.25. The van der Waals surface area contributed by atoms with Gasteiger partial charge in [0, 0.05) is 7.11 Å². The van der Waals surface area contributed by atoms with Crippen LogP contribution in [0, 0.1) is 5.82 Å². The van der Waals surface area contributed by atoms with Gasteiger partial charge in [0.1, 0.15) is 18.2 Å². The van der Waals surface area contributed by atoms with Crippen molar-refractivity contribution in [2.24, 2.45) is 0 Å². The summed E-state index contributed by atoms with van der Waals surface area (Å²) in [6.45, 7) is 0.146. The van der Waals surface area contributed by atoms with Crippen LogP contribution in [0.25, 0.3) is 0 Å². The Labute approximate surface area is 147 Å². The molecule has 0 fully saturated rings. The molecule has 0 aliphatic heterocycles. The van der Waals surface area contributed by atoms with Crippen molar-refractivity contribution >= 4 is 15.7 Å². The van der Waals surface area contributed by atoms with Crippen LogP contribution < -0.4 is 9.46 Å². The molecular weight excluding hydrogens is 378 g/mol. The molecule has 0 atom stereocenters. The van der Waals surface area contributed by atoms with Crippen LogP contribution >= 0.6 is 0 Å². The van der Waals surface area contributed by atoms with E-state index in [1.807, 2.05) is 4.72 Å². The van der Waals surface area contributed by atoms with Gasteiger partial charge in [-0.05, 0) is 36.4 Å². The van der Waals surface area contributed by atoms with E-state index in [1.165, 1.54) is 13.2 Å². The van der Waals surface area contributed by atoms with Gasteiger partial charge in [-0.25, -0.2) is 12.8 Å². The van der Waals surface area contributed by atoms with E-state index in [1.54, 1.807) is 0 Å². The van der Waals surface area contributed by atoms with Crippen LogP contribution in [0.2, 0.25) is 0 Å². The summed E-state index contributed by atoms with van der Waals surface area (Å²) in [4.78, 5) is -0.433. The second-order valence-corrected chi connectivity index (χ2v) is 6.80. The van der Waals surface area contributed by atoms with Crippen LogP contribution in [-0.2, 0) is 20.9 Å². The molecule has 10 heteroatoms. The molecule has 142 valence electrons. The van der Waals surface area contributed by atoms with Gasteiger partial charge >= 0.3 is 6.18 Å². The summed E-state index contributed by atoms with van der Waals surface area (Å²) in [5.41, 5.74) is -1.48. The standard InChI is InChI=1S/C16H15F4NO4S/c1-24-7-8-25-15-6-5-11(16(18,19)20)9-14(15)21-26(22,23)13-4-2-3-12(17)10-13/h2-6,9-10,21H,7-8H2,1H3. The van der Waals surface area contributed by atoms with E-state index in [0.717, 1.165) is 30.3 Å². The molecule has 2 rings (SSSR count). The number of hydrogen-bond donors (Lipinski definition) is 1. The van der Waals surface area contributed by atoms with Crippen molar-refractivity contribution in [2.75, 3.05) is 25.0 Å². The highest BCUT2D eigenvalue weighted by Gasteiger charge is 2.32. The van der Waals surface area contributed by atoms with Crippen LogP contribution in [0.3, 0.4) is 0 Å². The van der Waals surface area contributed by atoms with Gasteiger partial charge in [-0.1, -0.05) is 6.07 Å². The molecule has 0 saturated carbocycles. The first-order valence-corrected chi connectivity index (χ1v) is 8.73. The van der Waals surface area contributed by atoms with Crippen LogP contribution in [0.15, 0.2) is 47.4 Å². The Morgan fingerprint density at radius 1 is 1.08 bits per heavy atom. The van der Waals surface area contributed by atoms with Gasteiger partial charge in [0.05, 0.1) is 22.8 Å². The summed E-state index contributed by atoms with van der Waals surface area (Å²) >= 11 is 0. The fraction of sp³-hybridized carbons (Fsp3) is 0.250. The second kappa shape index (κ2) is 7.92. The van der Waals surface area contributed by atoms with E-state index < -0.39 is 38.2 Å². The third-order valence-electron chi connectivity index (χ3n) is 3.20. The average Bonchev–Trinajstić information content (AvgIpc) is 2.55. The first kappa shape index (κ1) is 20.0. The predicted molar refractivity (Wildman–Crippen MR) is 86.0 cm³/mol. The largest absolute Gasteiger partial charge is 0.489 e. The zero-order valence-electron chi connectivity index (χ0n) is 13.5. The molecule has 0 radical (unpaired) electrons. The number of rotatable bonds is 7. The number of hydrogen-bond acceptors (Lipinski definition) is 4. The van der Waals surface area contributed by atoms with Crippen LogP contribution in [0.4, 0.5) is 23.2 Å². The predicted octanol–water partition coefficient (Wildman–Crippen LogP) is 3.67. The minimum atomic E-state index is -4.68. The van der Waals surface area contributed by atoms with E-state index in [0.29, 0.717) is 6.07 Å². The number of benzene rings is 2. The van der Waals surface area contributed by atoms with Crippen molar-refractivity contribution in [2.45, 2.75) is 11.1 Å². The van der Waals surface area contributed by atoms with Gasteiger partial charge in [0.15, 0.2) is 0 Å². The van der Waals surface area contributed by atoms with Gasteiger partial charge in [0.25, 0.3) is 10.0 Å². The summed E-state index contributed by atoms with van der Waals surface area (Å²) < 4.78 is 88.8. The van der Waals surface area contributed by atoms with E-state index in [-0.39, 0.29) is 19.0 Å². The topological polar surface area (TPSA) is 64.6 Å². The number of nitrogens with one attached hydrogen (secondary N) is 1. The van der Waals surface area contributed by atoms with Gasteiger partial charge in [-0.15, -0.1) is 0 Å². The molecule has 5 nitrogen and oxygen atoms in total. The molecule has 2 aromatic rings. The number of sulfonamides is 1. The SMILES string of the molecule is COCCOc1ccc(C(F)(F)F)cc1NS(=O)(=O)c1cccc(F)c1. The first-order chi connectivity index (χ1) is 12.1. The maximum Gasteiger partial charge on any atom is 0.416 e. The minimum absolute atomic E-state index is 0.00342. The third kappa shape index (κ3) is 5.09. The lowest BCUT2D eigenvalue weighted by molar-refractivity contribution is -0.137. The van der Waals surface area contributed by atoms with Crippen molar-refractivity contribution in [3.05, 3.63) is 53.8 Å². The molecule has 0 aromatic heterocycles. The number of methoxy groups -OCH3 is 1. The summed E-state index contributed by atoms with van der Waals surface area (Å²) in [6, 6.07) is 6.46. The lowest BCUT2D eigenvalue weighted by Gasteiger charge is -2.16. The molecule has 2 aromatic carbocycles. The molecule has 0 saturated heterocycles. The number of ether oxygens (including phenoxy) is 2. The fourth-order valence-electron chi connectivity index (χ4n) is 1.98. The van der Waals surface area contributed by atoms with Gasteiger partial charge in [0.2, 0.25) is 0 Å². The Kier molecular flexibility index (Phi) is 6.09. The Hall–Kier alpha value is -2.33. The van der Waals surface area contributed by atoms with Gasteiger partial charge in [-0.3, -0.25) is 4.72 Å². The van der Waals surface area contributed by atoms with E-state index >= 15 is 0 Å². The molecule has 26 heavy (non-hydrogen) atoms. The molecular formula is C16H15F4NO4S. The smallest absolute Gasteiger partial charge is 0.416 e. The molecule has 1 N–H and O–H groups in total. The molecule has 0 aliphatic carbocycles. The van der Waals surface area contributed by atoms with Crippen molar-refractivity contribution < 1.29 is 35.5 Å². The van der Waals surface area contributed by atoms with Gasteiger partial charge < -0.3 is 9.47 Å². The molecule has 0 bridgehead atoms. The molecule has 0 aliphatic rings. The quantitative estimate of drug-likeness (QED) is 0.576. The fourth-order valence-corrected chi connectivity index (χ4v) is 3.08. The Morgan fingerprint density at radius 2 is 1.81 bits per heavy atom. The summed E-state index contributed by atoms with van der Waals surface area (Å²) in [6.07, 6.45) is -4.68. The number of alkyl halides is 3. The second-order valence-electron chi connectivity index (χ2n) is 5.11. The summed E-state index contributed by atoms with van der Waals surface area (Å²) in [5, 5.41) is 0. The highest BCUT2D eigenvalue weighted by atomic mass is 32.2. The third-order valence-corrected chi connectivity index (χ3v) is 4.57. The van der Waals surface area contributed by atoms with Crippen LogP contribution in [-0.4, -0.2) is 28.7 Å². The minimum Gasteiger partial charge on any atom is -0.489 e. The van der Waals surface area contributed by atoms with Crippen LogP contribution in [0.1, 0.15) is 5.56 Å². The highest BCUT2D eigenvalue weighted by molar-refractivity contribution is 7.92. The van der Waals surface area contributed by atoms with Crippen LogP contribution in [0.5, 0.6) is 5.75 Å². The Morgan fingerprint density at radius 3 is 2.42 bits per heavy atom. The maximum atomic E-state index is 13.3. The Balaban J connectivity index is 2.40. The highest BCUT2D eigenvalue weighted by Crippen LogP contribution is 2.36. The number of anilines is 1. The summed E-state index contributed by atoms with van der Waals surface area (Å²) in [5.74, 6) is -0.913. The van der Waals surface area contributed by atoms with Crippen molar-refractivity contribution in [1.82, 2.24) is 0 Å². The van der Waals surface area contributed by atoms with E-state index in [4.69, 9.17) is 9.47 Å². The van der Waals surface area contributed by atoms with Gasteiger partial charge in [-0.2, -0.15) is 13.2 Å². The molecule has 0 heterocycles. The van der Waals surface area contributed by atoms with Crippen molar-refractivity contribution in [3.8, 4) is 5.75 Å². The lowest BCUT2D eigenvalue weighted by atomic mass is 10.2. The normalized spacial score (nSPS) is 12.0. The zero-order chi connectivity index (χ0) is 19.4. The molecule has 0 unspecified atom stereocenters. The summed E-state index contributed by atoms with van der Waals surface area (Å²) in [7, 11) is -2.91. The van der Waals surface area contributed by atoms with Crippen molar-refractivity contribution in [3.63, 3.8) is 0 Å².